The maximum Gasteiger partial charge on any atom is 0.229 e. The van der Waals surface area contributed by atoms with E-state index in [0.717, 1.165) is 27.9 Å². The summed E-state index contributed by atoms with van der Waals surface area (Å²) in [4.78, 5) is 4.83. The predicted molar refractivity (Wildman–Crippen MR) is 134 cm³/mol. The fraction of sp³-hybridized carbons (Fsp3) is 0.160. The SMILES string of the molecule is Cc1cc(C)cc(Nc2nc3c(S(=O)(=O)c4ccc(C)c(C)c4)nnn3c3ccc(Cl)cc23)c1. The van der Waals surface area contributed by atoms with Gasteiger partial charge in [0.25, 0.3) is 0 Å². The molecule has 5 aromatic rings. The van der Waals surface area contributed by atoms with Gasteiger partial charge in [-0.2, -0.15) is 4.52 Å². The number of fused-ring (bicyclic) bond motifs is 3. The fourth-order valence-electron chi connectivity index (χ4n) is 4.01. The van der Waals surface area contributed by atoms with Gasteiger partial charge in [0.05, 0.1) is 10.4 Å². The molecule has 0 bridgehead atoms. The highest BCUT2D eigenvalue weighted by Crippen LogP contribution is 2.32. The van der Waals surface area contributed by atoms with Crippen LogP contribution in [0.15, 0.2) is 64.5 Å². The summed E-state index contributed by atoms with van der Waals surface area (Å²) in [5.41, 5.74) is 5.68. The van der Waals surface area contributed by atoms with Gasteiger partial charge in [-0.15, -0.1) is 5.10 Å². The lowest BCUT2D eigenvalue weighted by Gasteiger charge is -2.12. The number of nitrogens with one attached hydrogen (secondary N) is 1. The number of aromatic nitrogens is 4. The number of anilines is 2. The summed E-state index contributed by atoms with van der Waals surface area (Å²) in [5.74, 6) is 0.467. The first-order valence-corrected chi connectivity index (χ1v) is 12.5. The number of nitrogens with zero attached hydrogens (tertiary/aromatic N) is 4. The first-order chi connectivity index (χ1) is 16.1. The summed E-state index contributed by atoms with van der Waals surface area (Å²) in [7, 11) is -3.95. The molecule has 0 radical (unpaired) electrons. The van der Waals surface area contributed by atoms with Gasteiger partial charge in [0, 0.05) is 16.1 Å². The van der Waals surface area contributed by atoms with E-state index in [0.29, 0.717) is 21.7 Å². The van der Waals surface area contributed by atoms with Crippen molar-refractivity contribution < 1.29 is 8.42 Å². The van der Waals surface area contributed by atoms with Crippen LogP contribution in [0, 0.1) is 27.7 Å². The van der Waals surface area contributed by atoms with Gasteiger partial charge < -0.3 is 5.32 Å². The Labute approximate surface area is 202 Å². The van der Waals surface area contributed by atoms with Crippen molar-refractivity contribution >= 4 is 49.5 Å². The van der Waals surface area contributed by atoms with Crippen LogP contribution in [0.25, 0.3) is 16.6 Å². The highest BCUT2D eigenvalue weighted by atomic mass is 35.5. The van der Waals surface area contributed by atoms with Crippen molar-refractivity contribution in [3.8, 4) is 0 Å². The van der Waals surface area contributed by atoms with Gasteiger partial charge >= 0.3 is 0 Å². The summed E-state index contributed by atoms with van der Waals surface area (Å²) in [6.45, 7) is 7.83. The molecule has 9 heteroatoms. The average molecular weight is 492 g/mol. The monoisotopic (exact) mass is 491 g/mol. The molecule has 0 aliphatic rings. The minimum Gasteiger partial charge on any atom is -0.340 e. The Morgan fingerprint density at radius 1 is 0.882 bits per heavy atom. The van der Waals surface area contributed by atoms with Gasteiger partial charge in [-0.05, 0) is 92.4 Å². The first-order valence-electron chi connectivity index (χ1n) is 10.7. The van der Waals surface area contributed by atoms with E-state index in [1.165, 1.54) is 4.52 Å². The number of benzene rings is 3. The smallest absolute Gasteiger partial charge is 0.229 e. The highest BCUT2D eigenvalue weighted by molar-refractivity contribution is 7.91. The summed E-state index contributed by atoms with van der Waals surface area (Å²) < 4.78 is 28.5. The Bertz CT molecular complexity index is 1690. The summed E-state index contributed by atoms with van der Waals surface area (Å²) in [5, 5.41) is 12.5. The zero-order valence-electron chi connectivity index (χ0n) is 19.1. The fourth-order valence-corrected chi connectivity index (χ4v) is 5.51. The number of halogens is 1. The van der Waals surface area contributed by atoms with Crippen LogP contribution >= 0.6 is 11.6 Å². The molecule has 7 nitrogen and oxygen atoms in total. The second-order valence-electron chi connectivity index (χ2n) is 8.50. The molecule has 0 spiro atoms. The molecule has 1 N–H and O–H groups in total. The second-order valence-corrected chi connectivity index (χ2v) is 10.8. The van der Waals surface area contributed by atoms with Crippen molar-refractivity contribution in [2.45, 2.75) is 37.6 Å². The van der Waals surface area contributed by atoms with Crippen molar-refractivity contribution in [3.05, 3.63) is 81.9 Å². The van der Waals surface area contributed by atoms with E-state index in [4.69, 9.17) is 11.6 Å². The van der Waals surface area contributed by atoms with E-state index < -0.39 is 9.84 Å². The maximum atomic E-state index is 13.5. The molecule has 0 saturated heterocycles. The van der Waals surface area contributed by atoms with Crippen molar-refractivity contribution in [1.82, 2.24) is 19.8 Å². The molecule has 0 aliphatic heterocycles. The molecule has 0 aliphatic carbocycles. The molecule has 0 fully saturated rings. The van der Waals surface area contributed by atoms with Crippen molar-refractivity contribution in [1.29, 1.82) is 0 Å². The van der Waals surface area contributed by atoms with E-state index in [2.05, 4.69) is 26.7 Å². The molecule has 3 aromatic carbocycles. The highest BCUT2D eigenvalue weighted by Gasteiger charge is 2.27. The van der Waals surface area contributed by atoms with Gasteiger partial charge in [0.2, 0.25) is 14.9 Å². The zero-order valence-corrected chi connectivity index (χ0v) is 20.7. The Balaban J connectivity index is 1.76. The third-order valence-corrected chi connectivity index (χ3v) is 7.69. The van der Waals surface area contributed by atoms with Crippen LogP contribution in [0.2, 0.25) is 5.02 Å². The van der Waals surface area contributed by atoms with Crippen LogP contribution in [0.1, 0.15) is 22.3 Å². The normalized spacial score (nSPS) is 11.9. The van der Waals surface area contributed by atoms with Crippen LogP contribution in [0.5, 0.6) is 0 Å². The van der Waals surface area contributed by atoms with Gasteiger partial charge in [-0.1, -0.05) is 28.9 Å². The Kier molecular flexibility index (Phi) is 5.30. The lowest BCUT2D eigenvalue weighted by Crippen LogP contribution is -2.06. The number of hydrogen-bond acceptors (Lipinski definition) is 6. The topological polar surface area (TPSA) is 89.2 Å². The van der Waals surface area contributed by atoms with Crippen LogP contribution in [0.3, 0.4) is 0 Å². The summed E-state index contributed by atoms with van der Waals surface area (Å²) >= 11 is 6.28. The van der Waals surface area contributed by atoms with E-state index in [-0.39, 0.29) is 15.6 Å². The second kappa shape index (κ2) is 8.07. The van der Waals surface area contributed by atoms with Crippen molar-refractivity contribution in [2.75, 3.05) is 5.32 Å². The van der Waals surface area contributed by atoms with E-state index in [9.17, 15) is 8.42 Å². The molecular formula is C25H22ClN5O2S. The molecule has 5 rings (SSSR count). The zero-order chi connectivity index (χ0) is 24.2. The van der Waals surface area contributed by atoms with Gasteiger partial charge in [-0.3, -0.25) is 0 Å². The van der Waals surface area contributed by atoms with Crippen molar-refractivity contribution in [3.63, 3.8) is 0 Å². The minimum atomic E-state index is -3.95. The van der Waals surface area contributed by atoms with E-state index in [1.54, 1.807) is 36.4 Å². The van der Waals surface area contributed by atoms with E-state index >= 15 is 0 Å². The number of hydrogen-bond donors (Lipinski definition) is 1. The third kappa shape index (κ3) is 3.78. The van der Waals surface area contributed by atoms with Crippen LogP contribution in [0.4, 0.5) is 11.5 Å². The molecule has 0 saturated carbocycles. The molecular weight excluding hydrogens is 470 g/mol. The van der Waals surface area contributed by atoms with Crippen LogP contribution in [-0.2, 0) is 9.84 Å². The van der Waals surface area contributed by atoms with E-state index in [1.807, 2.05) is 39.8 Å². The number of aryl methyl sites for hydroxylation is 4. The molecule has 2 heterocycles. The van der Waals surface area contributed by atoms with Gasteiger partial charge in [-0.25, -0.2) is 13.4 Å². The minimum absolute atomic E-state index is 0.139. The Hall–Kier alpha value is -3.49. The maximum absolute atomic E-state index is 13.5. The standard InChI is InChI=1S/C25H22ClN5O2S/c1-14-9-15(2)11-19(10-14)27-23-21-13-18(26)6-8-22(21)31-24(28-23)25(29-30-31)34(32,33)20-7-5-16(3)17(4)12-20/h5-13H,1-4H3,(H,27,28). The van der Waals surface area contributed by atoms with Crippen molar-refractivity contribution in [2.24, 2.45) is 0 Å². The van der Waals surface area contributed by atoms with Crippen LogP contribution < -0.4 is 5.32 Å². The predicted octanol–water partition coefficient (Wildman–Crippen LogP) is 5.74. The number of rotatable bonds is 4. The Morgan fingerprint density at radius 3 is 2.32 bits per heavy atom. The molecule has 0 amide bonds. The lowest BCUT2D eigenvalue weighted by molar-refractivity contribution is 0.592. The molecule has 2 aromatic heterocycles. The van der Waals surface area contributed by atoms with Gasteiger partial charge in [0.1, 0.15) is 5.82 Å². The first kappa shape index (κ1) is 22.3. The lowest BCUT2D eigenvalue weighted by atomic mass is 10.1. The molecule has 172 valence electrons. The number of sulfone groups is 1. The quantitative estimate of drug-likeness (QED) is 0.344. The molecule has 0 unspecified atom stereocenters. The molecule has 34 heavy (non-hydrogen) atoms. The Morgan fingerprint density at radius 2 is 1.62 bits per heavy atom. The summed E-state index contributed by atoms with van der Waals surface area (Å²) in [6.07, 6.45) is 0. The summed E-state index contributed by atoms with van der Waals surface area (Å²) in [6, 6.07) is 16.4. The largest absolute Gasteiger partial charge is 0.340 e. The average Bonchev–Trinajstić information content (AvgIpc) is 3.19. The third-order valence-electron chi connectivity index (χ3n) is 5.80. The molecule has 0 atom stereocenters. The van der Waals surface area contributed by atoms with Crippen LogP contribution in [-0.4, -0.2) is 28.2 Å². The van der Waals surface area contributed by atoms with Gasteiger partial charge in [0.15, 0.2) is 5.65 Å².